The van der Waals surface area contributed by atoms with Crippen LogP contribution in [0.1, 0.15) is 25.7 Å². The topological polar surface area (TPSA) is 76.8 Å². The average Bonchev–Trinajstić information content (AvgIpc) is 3.35. The zero-order valence-corrected chi connectivity index (χ0v) is 19.5. The van der Waals surface area contributed by atoms with Crippen molar-refractivity contribution in [1.29, 1.82) is 0 Å². The van der Waals surface area contributed by atoms with Crippen molar-refractivity contribution in [2.45, 2.75) is 38.8 Å². The van der Waals surface area contributed by atoms with E-state index in [9.17, 15) is 9.59 Å². The van der Waals surface area contributed by atoms with Gasteiger partial charge in [0.2, 0.25) is 0 Å². The molecule has 0 aliphatic carbocycles. The molecule has 1 aliphatic rings. The molecule has 5 rings (SSSR count). The van der Waals surface area contributed by atoms with E-state index in [1.807, 2.05) is 48.5 Å². The fourth-order valence-electron chi connectivity index (χ4n) is 4.89. The van der Waals surface area contributed by atoms with Crippen molar-refractivity contribution in [1.82, 2.24) is 18.9 Å². The Labute approximate surface area is 198 Å². The molecule has 0 saturated carbocycles. The van der Waals surface area contributed by atoms with E-state index < -0.39 is 0 Å². The highest BCUT2D eigenvalue weighted by atomic mass is 16.4. The number of aromatic nitrogens is 2. The van der Waals surface area contributed by atoms with Gasteiger partial charge in [-0.1, -0.05) is 37.1 Å². The van der Waals surface area contributed by atoms with Crippen molar-refractivity contribution < 1.29 is 8.83 Å². The van der Waals surface area contributed by atoms with Crippen molar-refractivity contribution in [2.75, 3.05) is 39.3 Å². The summed E-state index contributed by atoms with van der Waals surface area (Å²) in [7, 11) is 0. The molecule has 0 spiro atoms. The molecule has 0 radical (unpaired) electrons. The molecule has 1 aliphatic heterocycles. The molecule has 0 bridgehead atoms. The Kier molecular flexibility index (Phi) is 6.97. The summed E-state index contributed by atoms with van der Waals surface area (Å²) < 4.78 is 14.1. The molecule has 1 saturated heterocycles. The molecule has 0 amide bonds. The minimum Gasteiger partial charge on any atom is -0.408 e. The maximum atomic E-state index is 12.1. The van der Waals surface area contributed by atoms with Gasteiger partial charge in [0, 0.05) is 45.8 Å². The molecule has 34 heavy (non-hydrogen) atoms. The number of benzene rings is 2. The Balaban J connectivity index is 0.984. The highest BCUT2D eigenvalue weighted by Gasteiger charge is 2.17. The quantitative estimate of drug-likeness (QED) is 0.335. The number of hydrogen-bond donors (Lipinski definition) is 0. The maximum Gasteiger partial charge on any atom is 0.419 e. The van der Waals surface area contributed by atoms with E-state index in [0.717, 1.165) is 63.1 Å². The van der Waals surface area contributed by atoms with Gasteiger partial charge in [0.05, 0.1) is 11.0 Å². The first-order chi connectivity index (χ1) is 16.7. The van der Waals surface area contributed by atoms with Crippen LogP contribution in [0.15, 0.2) is 67.0 Å². The third kappa shape index (κ3) is 5.03. The molecule has 2 aromatic heterocycles. The summed E-state index contributed by atoms with van der Waals surface area (Å²) in [5.74, 6) is -0.532. The number of oxazole rings is 2. The number of fused-ring (bicyclic) bond motifs is 2. The van der Waals surface area contributed by atoms with Gasteiger partial charge in [-0.15, -0.1) is 0 Å². The number of para-hydroxylation sites is 4. The lowest BCUT2D eigenvalue weighted by Gasteiger charge is -2.34. The minimum atomic E-state index is -0.273. The smallest absolute Gasteiger partial charge is 0.408 e. The van der Waals surface area contributed by atoms with Crippen LogP contribution in [0.25, 0.3) is 22.2 Å². The molecular weight excluding hydrogens is 432 g/mol. The summed E-state index contributed by atoms with van der Waals surface area (Å²) >= 11 is 0. The second-order valence-electron chi connectivity index (χ2n) is 9.07. The van der Waals surface area contributed by atoms with E-state index in [1.165, 1.54) is 12.8 Å². The third-order valence-corrected chi connectivity index (χ3v) is 6.86. The van der Waals surface area contributed by atoms with Crippen LogP contribution >= 0.6 is 0 Å². The van der Waals surface area contributed by atoms with E-state index >= 15 is 0 Å². The first-order valence-corrected chi connectivity index (χ1v) is 12.3. The molecule has 8 nitrogen and oxygen atoms in total. The van der Waals surface area contributed by atoms with Gasteiger partial charge < -0.3 is 13.7 Å². The molecule has 4 aromatic rings. The first kappa shape index (κ1) is 22.7. The fourth-order valence-corrected chi connectivity index (χ4v) is 4.89. The van der Waals surface area contributed by atoms with Crippen LogP contribution < -0.4 is 11.5 Å². The van der Waals surface area contributed by atoms with E-state index in [2.05, 4.69) is 9.80 Å². The van der Waals surface area contributed by atoms with Crippen molar-refractivity contribution in [3.8, 4) is 0 Å². The van der Waals surface area contributed by atoms with Gasteiger partial charge in [-0.2, -0.15) is 0 Å². The standard InChI is InChI=1S/C26H32N4O4/c31-25-29(21-9-3-5-11-23(21)33-25)14-8-2-1-7-13-27-15-17-28(18-16-27)19-20-30-22-10-4-6-12-24(22)34-26(30)32/h3-6,9-12H,1-2,7-8,13-20H2. The van der Waals surface area contributed by atoms with Crippen molar-refractivity contribution in [3.63, 3.8) is 0 Å². The number of piperazine rings is 1. The summed E-state index contributed by atoms with van der Waals surface area (Å²) in [4.78, 5) is 29.1. The molecule has 2 aromatic carbocycles. The molecule has 0 N–H and O–H groups in total. The van der Waals surface area contributed by atoms with Gasteiger partial charge in [0.15, 0.2) is 11.2 Å². The molecule has 0 unspecified atom stereocenters. The van der Waals surface area contributed by atoms with Crippen LogP contribution in [0, 0.1) is 0 Å². The summed E-state index contributed by atoms with van der Waals surface area (Å²) in [6.45, 7) is 7.54. The average molecular weight is 465 g/mol. The van der Waals surface area contributed by atoms with Crippen LogP contribution in [-0.2, 0) is 13.1 Å². The van der Waals surface area contributed by atoms with Gasteiger partial charge in [0.25, 0.3) is 0 Å². The predicted octanol–water partition coefficient (Wildman–Crippen LogP) is 3.38. The highest BCUT2D eigenvalue weighted by molar-refractivity contribution is 5.73. The van der Waals surface area contributed by atoms with Gasteiger partial charge >= 0.3 is 11.5 Å². The Hall–Kier alpha value is -3.10. The normalized spacial score (nSPS) is 15.5. The molecule has 8 heteroatoms. The Morgan fingerprint density at radius 3 is 1.62 bits per heavy atom. The van der Waals surface area contributed by atoms with Gasteiger partial charge in [-0.05, 0) is 43.7 Å². The molecule has 0 atom stereocenters. The summed E-state index contributed by atoms with van der Waals surface area (Å²) in [5.41, 5.74) is 3.08. The monoisotopic (exact) mass is 464 g/mol. The number of aryl methyl sites for hydroxylation is 1. The van der Waals surface area contributed by atoms with Crippen LogP contribution in [0.3, 0.4) is 0 Å². The van der Waals surface area contributed by atoms with Gasteiger partial charge in [0.1, 0.15) is 0 Å². The van der Waals surface area contributed by atoms with Crippen molar-refractivity contribution in [3.05, 3.63) is 69.6 Å². The van der Waals surface area contributed by atoms with Gasteiger partial charge in [-0.25, -0.2) is 9.59 Å². The summed E-state index contributed by atoms with van der Waals surface area (Å²) in [6.07, 6.45) is 4.44. The van der Waals surface area contributed by atoms with Crippen LogP contribution in [-0.4, -0.2) is 58.2 Å². The Bertz CT molecular complexity index is 1340. The molecule has 1 fully saturated rings. The lowest BCUT2D eigenvalue weighted by Crippen LogP contribution is -2.47. The van der Waals surface area contributed by atoms with E-state index in [4.69, 9.17) is 8.83 Å². The molecule has 180 valence electrons. The molecule has 3 heterocycles. The zero-order valence-electron chi connectivity index (χ0n) is 19.5. The minimum absolute atomic E-state index is 0.259. The van der Waals surface area contributed by atoms with Crippen molar-refractivity contribution in [2.24, 2.45) is 0 Å². The maximum absolute atomic E-state index is 12.1. The number of unbranched alkanes of at least 4 members (excludes halogenated alkanes) is 3. The van der Waals surface area contributed by atoms with Crippen molar-refractivity contribution >= 4 is 22.2 Å². The fraction of sp³-hybridized carbons (Fsp3) is 0.462. The highest BCUT2D eigenvalue weighted by Crippen LogP contribution is 2.14. The third-order valence-electron chi connectivity index (χ3n) is 6.86. The SMILES string of the molecule is O=c1oc2ccccc2n1CCCCCCN1CCN(CCn2c(=O)oc3ccccc32)CC1. The van der Waals surface area contributed by atoms with Gasteiger partial charge in [-0.3, -0.25) is 14.0 Å². The Morgan fingerprint density at radius 1 is 0.559 bits per heavy atom. The van der Waals surface area contributed by atoms with Crippen LogP contribution in [0.5, 0.6) is 0 Å². The largest absolute Gasteiger partial charge is 0.419 e. The second-order valence-corrected chi connectivity index (χ2v) is 9.07. The van der Waals surface area contributed by atoms with Crippen LogP contribution in [0.4, 0.5) is 0 Å². The number of nitrogens with zero attached hydrogens (tertiary/aromatic N) is 4. The predicted molar refractivity (Wildman–Crippen MR) is 132 cm³/mol. The molecular formula is C26H32N4O4. The summed E-state index contributed by atoms with van der Waals surface area (Å²) in [6, 6.07) is 15.2. The Morgan fingerprint density at radius 2 is 1.03 bits per heavy atom. The lowest BCUT2D eigenvalue weighted by atomic mass is 10.1. The number of rotatable bonds is 10. The lowest BCUT2D eigenvalue weighted by molar-refractivity contribution is 0.127. The summed E-state index contributed by atoms with van der Waals surface area (Å²) in [5, 5.41) is 0. The zero-order chi connectivity index (χ0) is 23.3. The van der Waals surface area contributed by atoms with Crippen LogP contribution in [0.2, 0.25) is 0 Å². The second kappa shape index (κ2) is 10.4. The number of hydrogen-bond acceptors (Lipinski definition) is 6. The van der Waals surface area contributed by atoms with E-state index in [1.54, 1.807) is 9.13 Å². The first-order valence-electron chi connectivity index (χ1n) is 12.3. The van der Waals surface area contributed by atoms with E-state index in [-0.39, 0.29) is 11.5 Å². The van der Waals surface area contributed by atoms with E-state index in [0.29, 0.717) is 24.3 Å².